The Morgan fingerprint density at radius 2 is 1.88 bits per heavy atom. The van der Waals surface area contributed by atoms with Gasteiger partial charge in [0.15, 0.2) is 5.60 Å². The number of benzene rings is 2. The quantitative estimate of drug-likeness (QED) is 0.620. The van der Waals surface area contributed by atoms with Crippen molar-refractivity contribution in [1.29, 1.82) is 0 Å². The maximum Gasteiger partial charge on any atom is 0.322 e. The van der Waals surface area contributed by atoms with Crippen LogP contribution >= 0.6 is 0 Å². The first-order valence-corrected chi connectivity index (χ1v) is 11.0. The van der Waals surface area contributed by atoms with Gasteiger partial charge in [-0.3, -0.25) is 24.6 Å². The second-order valence-corrected chi connectivity index (χ2v) is 9.18. The molecule has 3 N–H and O–H groups in total. The number of nitrogens with zero attached hydrogens (tertiary/aromatic N) is 1. The molecule has 5 amide bonds. The third kappa shape index (κ3) is 2.99. The van der Waals surface area contributed by atoms with Crippen molar-refractivity contribution in [1.82, 2.24) is 10.6 Å². The van der Waals surface area contributed by atoms with E-state index >= 15 is 0 Å². The van der Waals surface area contributed by atoms with E-state index < -0.39 is 17.2 Å². The van der Waals surface area contributed by atoms with Gasteiger partial charge in [0.05, 0.1) is 5.69 Å². The summed E-state index contributed by atoms with van der Waals surface area (Å²) in [6, 6.07) is 12.2. The molecule has 2 aromatic rings. The minimum absolute atomic E-state index is 0. The van der Waals surface area contributed by atoms with Crippen molar-refractivity contribution in [3.05, 3.63) is 53.6 Å². The Bertz CT molecular complexity index is 1250. The molecule has 2 fully saturated rings. The van der Waals surface area contributed by atoms with E-state index in [1.165, 1.54) is 4.90 Å². The van der Waals surface area contributed by atoms with Crippen LogP contribution in [0.25, 0.3) is 0 Å². The predicted octanol–water partition coefficient (Wildman–Crippen LogP) is 2.14. The van der Waals surface area contributed by atoms with Crippen LogP contribution in [0, 0.1) is 0 Å². The Labute approximate surface area is 192 Å². The molecule has 4 aliphatic rings. The number of fused-ring (bicyclic) bond motifs is 2. The lowest BCUT2D eigenvalue weighted by Crippen LogP contribution is -2.61. The van der Waals surface area contributed by atoms with Gasteiger partial charge in [0.25, 0.3) is 11.8 Å². The third-order valence-electron chi connectivity index (χ3n) is 7.05. The largest absolute Gasteiger partial charge is 0.475 e. The van der Waals surface area contributed by atoms with Crippen LogP contribution in [-0.2, 0) is 27.2 Å². The summed E-state index contributed by atoms with van der Waals surface area (Å²) in [6.45, 7) is -0.125. The average molecular weight is 450 g/mol. The number of anilines is 2. The van der Waals surface area contributed by atoms with Gasteiger partial charge in [-0.25, -0.2) is 4.79 Å². The Kier molecular flexibility index (Phi) is 4.08. The maximum atomic E-state index is 13.2. The highest BCUT2D eigenvalue weighted by Gasteiger charge is 2.53. The third-order valence-corrected chi connectivity index (χ3v) is 7.05. The lowest BCUT2D eigenvalue weighted by Gasteiger charge is -2.47. The summed E-state index contributed by atoms with van der Waals surface area (Å²) in [5.41, 5.74) is 1.20. The number of hydrogen-bond acceptors (Lipinski definition) is 5. The van der Waals surface area contributed by atoms with Crippen LogP contribution < -0.4 is 25.6 Å². The van der Waals surface area contributed by atoms with Crippen LogP contribution in [0.3, 0.4) is 0 Å². The highest BCUT2D eigenvalue weighted by molar-refractivity contribution is 6.09. The molecule has 0 aromatic heterocycles. The molecule has 1 saturated heterocycles. The van der Waals surface area contributed by atoms with E-state index in [-0.39, 0.29) is 27.1 Å². The van der Waals surface area contributed by atoms with Crippen molar-refractivity contribution in [3.63, 3.8) is 0 Å². The van der Waals surface area contributed by atoms with E-state index in [1.807, 2.05) is 30.3 Å². The molecule has 9 nitrogen and oxygen atoms in total. The molecular formula is C24H26N4O5. The van der Waals surface area contributed by atoms with E-state index in [2.05, 4.69) is 16.0 Å². The molecule has 6 rings (SSSR count). The van der Waals surface area contributed by atoms with Crippen LogP contribution in [0.5, 0.6) is 5.75 Å². The fourth-order valence-electron chi connectivity index (χ4n) is 5.22. The van der Waals surface area contributed by atoms with E-state index in [0.29, 0.717) is 42.8 Å². The van der Waals surface area contributed by atoms with Crippen molar-refractivity contribution in [2.45, 2.75) is 43.2 Å². The number of imide groups is 1. The fourth-order valence-corrected chi connectivity index (χ4v) is 5.22. The number of ether oxygens (including phenoxy) is 1. The van der Waals surface area contributed by atoms with Crippen molar-refractivity contribution < 1.29 is 26.8 Å². The van der Waals surface area contributed by atoms with Gasteiger partial charge in [0, 0.05) is 21.4 Å². The van der Waals surface area contributed by atoms with Crippen molar-refractivity contribution in [2.24, 2.45) is 0 Å². The first-order valence-electron chi connectivity index (χ1n) is 11.0. The number of nitrogens with one attached hydrogen (secondary N) is 3. The topological polar surface area (TPSA) is 117 Å². The molecular weight excluding hydrogens is 424 g/mol. The summed E-state index contributed by atoms with van der Waals surface area (Å²) in [5.74, 6) is -0.219. The summed E-state index contributed by atoms with van der Waals surface area (Å²) in [6.07, 6.45) is 2.99. The first kappa shape index (κ1) is 19.8. The Balaban J connectivity index is 0.00000144. The van der Waals surface area contributed by atoms with Crippen LogP contribution in [0.2, 0.25) is 0 Å². The molecule has 0 radical (unpaired) electrons. The highest BCUT2D eigenvalue weighted by Crippen LogP contribution is 2.46. The number of amides is 5. The first-order chi connectivity index (χ1) is 15.9. The number of hydrogen-bond donors (Lipinski definition) is 3. The summed E-state index contributed by atoms with van der Waals surface area (Å²) in [5, 5.41) is 7.90. The molecule has 33 heavy (non-hydrogen) atoms. The zero-order chi connectivity index (χ0) is 22.8. The Hall–Kier alpha value is -3.88. The number of carbonyl (C=O) groups excluding carboxylic acids is 4. The minimum Gasteiger partial charge on any atom is -0.475 e. The van der Waals surface area contributed by atoms with E-state index in [9.17, 15) is 19.2 Å². The SMILES string of the molecule is O=C(CN1C(=O)C2(CCC2)Oc2ccccc21)Nc1ccc2c(c1)CC1(C2)NC(=O)NC1=O.[HH].[HH]. The molecule has 1 atom stereocenters. The van der Waals surface area contributed by atoms with Crippen molar-refractivity contribution in [2.75, 3.05) is 16.8 Å². The van der Waals surface area contributed by atoms with Gasteiger partial charge < -0.3 is 15.4 Å². The predicted molar refractivity (Wildman–Crippen MR) is 122 cm³/mol. The number of rotatable bonds is 3. The standard InChI is InChI=1S/C24H22N4O5.2H2/c29-19(13-28-17-4-1-2-5-18(17)33-24(21(28)31)8-3-9-24)25-16-7-6-14-11-23(12-15(14)10-16)20(30)26-22(32)27-23;;/h1-2,4-7,10H,3,8-9,11-13H2,(H,25,29)(H2,26,27,30,32);2*1H. The van der Waals surface area contributed by atoms with Gasteiger partial charge >= 0.3 is 6.03 Å². The molecule has 1 saturated carbocycles. The lowest BCUT2D eigenvalue weighted by atomic mass is 9.77. The monoisotopic (exact) mass is 450 g/mol. The summed E-state index contributed by atoms with van der Waals surface area (Å²) < 4.78 is 6.02. The highest BCUT2D eigenvalue weighted by atomic mass is 16.5. The van der Waals surface area contributed by atoms with Crippen LogP contribution in [0.1, 0.15) is 33.2 Å². The molecule has 2 aliphatic carbocycles. The molecule has 2 heterocycles. The molecule has 2 aromatic carbocycles. The summed E-state index contributed by atoms with van der Waals surface area (Å²) in [4.78, 5) is 51.5. The molecule has 9 heteroatoms. The smallest absolute Gasteiger partial charge is 0.322 e. The summed E-state index contributed by atoms with van der Waals surface area (Å²) in [7, 11) is 0. The normalized spacial score (nSPS) is 24.0. The van der Waals surface area contributed by atoms with Gasteiger partial charge in [-0.2, -0.15) is 0 Å². The molecule has 172 valence electrons. The van der Waals surface area contributed by atoms with Gasteiger partial charge in [0.2, 0.25) is 5.91 Å². The zero-order valence-corrected chi connectivity index (χ0v) is 17.8. The van der Waals surface area contributed by atoms with Gasteiger partial charge in [-0.05, 0) is 54.7 Å². The molecule has 2 aliphatic heterocycles. The van der Waals surface area contributed by atoms with E-state index in [0.717, 1.165) is 17.5 Å². The molecule has 2 spiro atoms. The van der Waals surface area contributed by atoms with Gasteiger partial charge in [-0.1, -0.05) is 18.2 Å². The fraction of sp³-hybridized carbons (Fsp3) is 0.333. The van der Waals surface area contributed by atoms with Gasteiger partial charge in [-0.15, -0.1) is 0 Å². The minimum atomic E-state index is -0.955. The van der Waals surface area contributed by atoms with E-state index in [4.69, 9.17) is 4.74 Å². The van der Waals surface area contributed by atoms with Crippen LogP contribution in [-0.4, -0.2) is 41.4 Å². The van der Waals surface area contributed by atoms with Crippen molar-refractivity contribution >= 4 is 35.1 Å². The average Bonchev–Trinajstić information content (AvgIpc) is 3.25. The van der Waals surface area contributed by atoms with Crippen LogP contribution in [0.4, 0.5) is 16.2 Å². The Morgan fingerprint density at radius 3 is 2.61 bits per heavy atom. The van der Waals surface area contributed by atoms with Gasteiger partial charge in [0.1, 0.15) is 17.8 Å². The molecule has 1 unspecified atom stereocenters. The van der Waals surface area contributed by atoms with E-state index in [1.54, 1.807) is 12.1 Å². The number of urea groups is 1. The van der Waals surface area contributed by atoms with Crippen LogP contribution in [0.15, 0.2) is 42.5 Å². The second kappa shape index (κ2) is 6.81. The Morgan fingerprint density at radius 1 is 1.09 bits per heavy atom. The number of carbonyl (C=O) groups is 4. The summed E-state index contributed by atoms with van der Waals surface area (Å²) >= 11 is 0. The lowest BCUT2D eigenvalue weighted by molar-refractivity contribution is -0.143. The maximum absolute atomic E-state index is 13.2. The number of para-hydroxylation sites is 2. The second-order valence-electron chi connectivity index (χ2n) is 9.18. The van der Waals surface area contributed by atoms with Crippen molar-refractivity contribution in [3.8, 4) is 5.75 Å². The zero-order valence-electron chi connectivity index (χ0n) is 17.8. The molecule has 0 bridgehead atoms.